The summed E-state index contributed by atoms with van der Waals surface area (Å²) < 4.78 is 117. The van der Waals surface area contributed by atoms with Crippen molar-refractivity contribution in [2.75, 3.05) is 6.61 Å². The van der Waals surface area contributed by atoms with Crippen LogP contribution in [0.4, 0.5) is 39.5 Å². The maximum absolute atomic E-state index is 13.2. The lowest BCUT2D eigenvalue weighted by Gasteiger charge is -2.36. The van der Waals surface area contributed by atoms with E-state index < -0.39 is 36.7 Å². The molecule has 0 aromatic heterocycles. The normalized spacial score (nSPS) is 16.4. The number of rotatable bonds is 7. The third kappa shape index (κ3) is 3.32. The molecule has 0 rings (SSSR count). The fourth-order valence-corrected chi connectivity index (χ4v) is 1.15. The molecule has 1 unspecified atom stereocenters. The molecule has 0 saturated heterocycles. The van der Waals surface area contributed by atoms with Crippen LogP contribution in [0, 0.1) is 0 Å². The zero-order valence-electron chi connectivity index (χ0n) is 10.5. The highest BCUT2D eigenvalue weighted by Crippen LogP contribution is 2.54. The van der Waals surface area contributed by atoms with Crippen molar-refractivity contribution in [2.24, 2.45) is 0 Å². The van der Waals surface area contributed by atoms with Crippen molar-refractivity contribution in [1.29, 1.82) is 0 Å². The van der Waals surface area contributed by atoms with Gasteiger partial charge < -0.3 is 4.74 Å². The van der Waals surface area contributed by atoms with E-state index in [2.05, 4.69) is 4.74 Å². The molecule has 1 nitrogen and oxygen atoms in total. The average Bonchev–Trinajstić information content (AvgIpc) is 2.27. The molecule has 0 aliphatic rings. The highest BCUT2D eigenvalue weighted by Gasteiger charge is 2.82. The van der Waals surface area contributed by atoms with Gasteiger partial charge in [-0.3, -0.25) is 0 Å². The number of halogens is 9. The van der Waals surface area contributed by atoms with E-state index in [1.54, 1.807) is 6.92 Å². The number of hydrogen-bond donors (Lipinski definition) is 0. The second-order valence-electron chi connectivity index (χ2n) is 4.14. The highest BCUT2D eigenvalue weighted by molar-refractivity contribution is 5.02. The average molecular weight is 320 g/mol. The van der Waals surface area contributed by atoms with E-state index in [-0.39, 0.29) is 6.42 Å². The third-order valence-electron chi connectivity index (χ3n) is 2.55. The van der Waals surface area contributed by atoms with Crippen molar-refractivity contribution in [3.63, 3.8) is 0 Å². The van der Waals surface area contributed by atoms with Crippen molar-refractivity contribution in [1.82, 2.24) is 0 Å². The molecule has 0 spiro atoms. The summed E-state index contributed by atoms with van der Waals surface area (Å²) in [6.45, 7) is 1.47. The van der Waals surface area contributed by atoms with Crippen LogP contribution < -0.4 is 0 Å². The zero-order chi connectivity index (χ0) is 16.4. The van der Waals surface area contributed by atoms with Gasteiger partial charge in [0.05, 0.1) is 0 Å². The molecule has 0 aromatic carbocycles. The molecule has 122 valence electrons. The van der Waals surface area contributed by atoms with Crippen molar-refractivity contribution < 1.29 is 44.3 Å². The van der Waals surface area contributed by atoms with Gasteiger partial charge in [-0.25, -0.2) is 0 Å². The minimum absolute atomic E-state index is 0.168. The summed E-state index contributed by atoms with van der Waals surface area (Å²) >= 11 is 0. The van der Waals surface area contributed by atoms with Gasteiger partial charge in [-0.15, -0.1) is 0 Å². The van der Waals surface area contributed by atoms with Gasteiger partial charge in [0.25, 0.3) is 0 Å². The second-order valence-corrected chi connectivity index (χ2v) is 4.14. The van der Waals surface area contributed by atoms with E-state index in [4.69, 9.17) is 0 Å². The molecule has 1 atom stereocenters. The Hall–Kier alpha value is -0.670. The van der Waals surface area contributed by atoms with Gasteiger partial charge >= 0.3 is 23.9 Å². The Morgan fingerprint density at radius 2 is 1.30 bits per heavy atom. The number of unbranched alkanes of at least 4 members (excludes halogenated alkanes) is 1. The number of alkyl halides is 9. The lowest BCUT2D eigenvalue weighted by molar-refractivity contribution is -0.406. The Morgan fingerprint density at radius 1 is 0.850 bits per heavy atom. The molecule has 0 saturated carbocycles. The predicted molar refractivity (Wildman–Crippen MR) is 51.2 cm³/mol. The Kier molecular flexibility index (Phi) is 5.78. The van der Waals surface area contributed by atoms with Gasteiger partial charge in [-0.1, -0.05) is 13.3 Å². The van der Waals surface area contributed by atoms with Crippen LogP contribution in [0.2, 0.25) is 0 Å². The monoisotopic (exact) mass is 320 g/mol. The minimum atomic E-state index is -6.87. The van der Waals surface area contributed by atoms with Crippen molar-refractivity contribution in [3.05, 3.63) is 0 Å². The summed E-state index contributed by atoms with van der Waals surface area (Å²) in [5.74, 6) is -19.2. The lowest BCUT2D eigenvalue weighted by Crippen LogP contribution is -2.64. The second kappa shape index (κ2) is 5.98. The first kappa shape index (κ1) is 19.3. The zero-order valence-corrected chi connectivity index (χ0v) is 10.5. The highest BCUT2D eigenvalue weighted by atomic mass is 19.4. The molecule has 0 aromatic rings. The lowest BCUT2D eigenvalue weighted by atomic mass is 10.00. The van der Waals surface area contributed by atoms with Gasteiger partial charge in [-0.2, -0.15) is 39.5 Å². The molecule has 0 aliphatic carbocycles. The molecular weight excluding hydrogens is 307 g/mol. The predicted octanol–water partition coefficient (Wildman–Crippen LogP) is 4.66. The summed E-state index contributed by atoms with van der Waals surface area (Å²) in [4.78, 5) is 0. The fraction of sp³-hybridized carbons (Fsp3) is 1.00. The summed E-state index contributed by atoms with van der Waals surface area (Å²) in [6, 6.07) is 0. The topological polar surface area (TPSA) is 9.23 Å². The van der Waals surface area contributed by atoms with Gasteiger partial charge in [0.15, 0.2) is 0 Å². The first-order chi connectivity index (χ1) is 8.73. The van der Waals surface area contributed by atoms with Crippen LogP contribution in [0.15, 0.2) is 0 Å². The van der Waals surface area contributed by atoms with Crippen LogP contribution in [-0.2, 0) is 4.74 Å². The van der Waals surface area contributed by atoms with Crippen molar-refractivity contribution in [2.45, 2.75) is 56.7 Å². The minimum Gasteiger partial charge on any atom is -0.372 e. The summed E-state index contributed by atoms with van der Waals surface area (Å²) in [7, 11) is 0. The molecule has 0 heterocycles. The molecular formula is C10H13F9O. The van der Waals surface area contributed by atoms with Crippen LogP contribution in [0.5, 0.6) is 0 Å². The van der Waals surface area contributed by atoms with E-state index in [0.29, 0.717) is 13.3 Å². The molecule has 0 radical (unpaired) electrons. The molecule has 10 heteroatoms. The van der Waals surface area contributed by atoms with Crippen molar-refractivity contribution in [3.8, 4) is 0 Å². The molecule has 20 heavy (non-hydrogen) atoms. The van der Waals surface area contributed by atoms with Gasteiger partial charge in [-0.05, 0) is 13.3 Å². The Labute approximate surface area is 109 Å². The molecule has 0 fully saturated rings. The van der Waals surface area contributed by atoms with E-state index >= 15 is 0 Å². The van der Waals surface area contributed by atoms with Gasteiger partial charge in [0, 0.05) is 6.61 Å². The Morgan fingerprint density at radius 3 is 1.65 bits per heavy atom. The van der Waals surface area contributed by atoms with Crippen LogP contribution >= 0.6 is 0 Å². The third-order valence-corrected chi connectivity index (χ3v) is 2.55. The SMILES string of the molecule is CCCCOC(C)C(F)(F)C(F)(F)C(F)(F)C(F)(F)F. The standard InChI is InChI=1S/C10H13F9O/c1-3-4-5-20-6(2)7(11,12)8(13,14)9(15,16)10(17,18)19/h6H,3-5H2,1-2H3. The first-order valence-corrected chi connectivity index (χ1v) is 5.55. The number of ether oxygens (including phenoxy) is 1. The summed E-state index contributed by atoms with van der Waals surface area (Å²) in [5.41, 5.74) is 0. The van der Waals surface area contributed by atoms with Gasteiger partial charge in [0.1, 0.15) is 6.10 Å². The van der Waals surface area contributed by atoms with Crippen LogP contribution in [0.25, 0.3) is 0 Å². The van der Waals surface area contributed by atoms with E-state index in [9.17, 15) is 39.5 Å². The van der Waals surface area contributed by atoms with E-state index in [0.717, 1.165) is 0 Å². The fourth-order valence-electron chi connectivity index (χ4n) is 1.15. The van der Waals surface area contributed by atoms with Crippen LogP contribution in [0.1, 0.15) is 26.7 Å². The summed E-state index contributed by atoms with van der Waals surface area (Å²) in [6.07, 6.45) is -8.99. The Balaban J connectivity index is 5.25. The molecule has 0 aliphatic heterocycles. The van der Waals surface area contributed by atoms with Crippen LogP contribution in [0.3, 0.4) is 0 Å². The molecule has 0 bridgehead atoms. The maximum Gasteiger partial charge on any atom is 0.460 e. The quantitative estimate of drug-likeness (QED) is 0.490. The maximum atomic E-state index is 13.2. The van der Waals surface area contributed by atoms with E-state index in [1.165, 1.54) is 0 Å². The number of hydrogen-bond acceptors (Lipinski definition) is 1. The van der Waals surface area contributed by atoms with Crippen LogP contribution in [-0.4, -0.2) is 36.7 Å². The summed E-state index contributed by atoms with van der Waals surface area (Å²) in [5, 5.41) is 0. The molecule has 0 N–H and O–H groups in total. The molecule has 0 amide bonds. The Bertz CT molecular complexity index is 310. The van der Waals surface area contributed by atoms with E-state index in [1.807, 2.05) is 0 Å². The first-order valence-electron chi connectivity index (χ1n) is 5.55. The largest absolute Gasteiger partial charge is 0.460 e. The van der Waals surface area contributed by atoms with Crippen molar-refractivity contribution >= 4 is 0 Å². The smallest absolute Gasteiger partial charge is 0.372 e. The van der Waals surface area contributed by atoms with Gasteiger partial charge in [0.2, 0.25) is 0 Å².